The molecule has 0 bridgehead atoms. The van der Waals surface area contributed by atoms with Gasteiger partial charge in [-0.05, 0) is 19.9 Å². The second-order valence-corrected chi connectivity index (χ2v) is 4.45. The summed E-state index contributed by atoms with van der Waals surface area (Å²) in [5, 5.41) is 11.3. The van der Waals surface area contributed by atoms with Crippen molar-refractivity contribution in [3.8, 4) is 0 Å². The lowest BCUT2D eigenvalue weighted by atomic mass is 10.3. The summed E-state index contributed by atoms with van der Waals surface area (Å²) in [5.74, 6) is 0.0254. The third-order valence-corrected chi connectivity index (χ3v) is 2.84. The molecular formula is C13H19N5O. The molecular weight excluding hydrogens is 242 g/mol. The van der Waals surface area contributed by atoms with E-state index >= 15 is 0 Å². The fraction of sp³-hybridized carbons (Fsp3) is 0.462. The zero-order valence-corrected chi connectivity index (χ0v) is 11.3. The number of carbonyl (C=O) groups is 1. The van der Waals surface area contributed by atoms with Gasteiger partial charge in [0, 0.05) is 44.0 Å². The highest BCUT2D eigenvalue weighted by molar-refractivity contribution is 5.75. The van der Waals surface area contributed by atoms with Crippen molar-refractivity contribution >= 4 is 5.91 Å². The number of nitrogens with zero attached hydrogens (tertiary/aromatic N) is 4. The van der Waals surface area contributed by atoms with Crippen LogP contribution in [0, 0.1) is 6.92 Å². The highest BCUT2D eigenvalue weighted by atomic mass is 16.1. The average Bonchev–Trinajstić information content (AvgIpc) is 3.02. The van der Waals surface area contributed by atoms with Crippen LogP contribution in [0.15, 0.2) is 24.7 Å². The lowest BCUT2D eigenvalue weighted by molar-refractivity contribution is -0.121. The maximum absolute atomic E-state index is 11.7. The molecule has 2 aromatic rings. The first kappa shape index (κ1) is 13.3. The van der Waals surface area contributed by atoms with Gasteiger partial charge in [-0.2, -0.15) is 10.2 Å². The molecule has 2 heterocycles. The molecule has 0 spiro atoms. The highest BCUT2D eigenvalue weighted by Gasteiger charge is 2.04. The topological polar surface area (TPSA) is 64.7 Å². The van der Waals surface area contributed by atoms with Crippen LogP contribution >= 0.6 is 0 Å². The monoisotopic (exact) mass is 261 g/mol. The van der Waals surface area contributed by atoms with Gasteiger partial charge in [0.25, 0.3) is 0 Å². The second-order valence-electron chi connectivity index (χ2n) is 4.45. The molecule has 0 saturated heterocycles. The molecule has 0 atom stereocenters. The van der Waals surface area contributed by atoms with Gasteiger partial charge in [0.15, 0.2) is 0 Å². The Hall–Kier alpha value is -2.11. The van der Waals surface area contributed by atoms with Crippen LogP contribution in [0.5, 0.6) is 0 Å². The molecule has 102 valence electrons. The summed E-state index contributed by atoms with van der Waals surface area (Å²) in [6.07, 6.45) is 6.04. The van der Waals surface area contributed by atoms with E-state index in [9.17, 15) is 4.79 Å². The molecule has 0 aliphatic rings. The van der Waals surface area contributed by atoms with Gasteiger partial charge in [-0.1, -0.05) is 0 Å². The summed E-state index contributed by atoms with van der Waals surface area (Å²) in [7, 11) is 0. The SMILES string of the molecule is CCn1cc(CNC(=O)CCn2ccc(C)n2)cn1. The van der Waals surface area contributed by atoms with Gasteiger partial charge in [-0.25, -0.2) is 0 Å². The van der Waals surface area contributed by atoms with Crippen molar-refractivity contribution in [3.63, 3.8) is 0 Å². The first-order valence-corrected chi connectivity index (χ1v) is 6.45. The minimum Gasteiger partial charge on any atom is -0.352 e. The maximum Gasteiger partial charge on any atom is 0.222 e. The van der Waals surface area contributed by atoms with E-state index in [1.54, 1.807) is 10.9 Å². The summed E-state index contributed by atoms with van der Waals surface area (Å²) in [6, 6.07) is 1.93. The fourth-order valence-corrected chi connectivity index (χ4v) is 1.76. The quantitative estimate of drug-likeness (QED) is 0.847. The molecule has 0 radical (unpaired) electrons. The standard InChI is InChI=1S/C13H19N5O/c1-3-17-10-12(9-15-17)8-14-13(19)5-7-18-6-4-11(2)16-18/h4,6,9-10H,3,5,7-8H2,1-2H3,(H,14,19). The third kappa shape index (κ3) is 3.94. The Kier molecular flexibility index (Phi) is 4.33. The Morgan fingerprint density at radius 3 is 2.89 bits per heavy atom. The molecule has 6 nitrogen and oxygen atoms in total. The van der Waals surface area contributed by atoms with Crippen LogP contribution in [0.4, 0.5) is 0 Å². The van der Waals surface area contributed by atoms with Crippen molar-refractivity contribution in [3.05, 3.63) is 35.9 Å². The predicted molar refractivity (Wildman–Crippen MR) is 71.3 cm³/mol. The molecule has 0 aliphatic heterocycles. The Labute approximate surface area is 112 Å². The van der Waals surface area contributed by atoms with Gasteiger partial charge in [0.1, 0.15) is 0 Å². The van der Waals surface area contributed by atoms with E-state index in [4.69, 9.17) is 0 Å². The lowest BCUT2D eigenvalue weighted by Gasteiger charge is -2.04. The van der Waals surface area contributed by atoms with Crippen molar-refractivity contribution in [2.24, 2.45) is 0 Å². The molecule has 0 aromatic carbocycles. The fourth-order valence-electron chi connectivity index (χ4n) is 1.76. The highest BCUT2D eigenvalue weighted by Crippen LogP contribution is 1.98. The molecule has 2 aromatic heterocycles. The first-order valence-electron chi connectivity index (χ1n) is 6.45. The number of hydrogen-bond acceptors (Lipinski definition) is 3. The van der Waals surface area contributed by atoms with Crippen LogP contribution in [-0.2, 0) is 24.4 Å². The first-order chi connectivity index (χ1) is 9.17. The number of amides is 1. The summed E-state index contributed by atoms with van der Waals surface area (Å²) < 4.78 is 3.62. The van der Waals surface area contributed by atoms with Crippen molar-refractivity contribution in [2.45, 2.75) is 39.9 Å². The lowest BCUT2D eigenvalue weighted by Crippen LogP contribution is -2.23. The minimum atomic E-state index is 0.0254. The molecule has 0 aliphatic carbocycles. The number of carbonyl (C=O) groups excluding carboxylic acids is 1. The number of aryl methyl sites for hydroxylation is 3. The van der Waals surface area contributed by atoms with Crippen LogP contribution in [0.25, 0.3) is 0 Å². The van der Waals surface area contributed by atoms with Gasteiger partial charge in [-0.15, -0.1) is 0 Å². The average molecular weight is 261 g/mol. The summed E-state index contributed by atoms with van der Waals surface area (Å²) >= 11 is 0. The second kappa shape index (κ2) is 6.17. The number of aromatic nitrogens is 4. The van der Waals surface area contributed by atoms with Crippen LogP contribution in [0.2, 0.25) is 0 Å². The van der Waals surface area contributed by atoms with E-state index in [-0.39, 0.29) is 5.91 Å². The minimum absolute atomic E-state index is 0.0254. The van der Waals surface area contributed by atoms with E-state index < -0.39 is 0 Å². The van der Waals surface area contributed by atoms with Crippen LogP contribution in [0.3, 0.4) is 0 Å². The van der Waals surface area contributed by atoms with Gasteiger partial charge < -0.3 is 5.32 Å². The van der Waals surface area contributed by atoms with E-state index in [1.165, 1.54) is 0 Å². The van der Waals surface area contributed by atoms with Gasteiger partial charge in [0.05, 0.1) is 11.9 Å². The molecule has 1 N–H and O–H groups in total. The number of rotatable bonds is 6. The summed E-state index contributed by atoms with van der Waals surface area (Å²) in [5.41, 5.74) is 1.98. The van der Waals surface area contributed by atoms with Gasteiger partial charge in [0.2, 0.25) is 5.91 Å². The van der Waals surface area contributed by atoms with Gasteiger partial charge in [-0.3, -0.25) is 14.2 Å². The Balaban J connectivity index is 1.72. The van der Waals surface area contributed by atoms with E-state index in [1.807, 2.05) is 37.0 Å². The summed E-state index contributed by atoms with van der Waals surface area (Å²) in [4.78, 5) is 11.7. The molecule has 1 amide bonds. The van der Waals surface area contributed by atoms with Crippen molar-refractivity contribution in [2.75, 3.05) is 0 Å². The predicted octanol–water partition coefficient (Wildman–Crippen LogP) is 1.11. The number of nitrogens with one attached hydrogen (secondary N) is 1. The van der Waals surface area contributed by atoms with Crippen molar-refractivity contribution < 1.29 is 4.79 Å². The zero-order chi connectivity index (χ0) is 13.7. The number of hydrogen-bond donors (Lipinski definition) is 1. The molecule has 0 fully saturated rings. The molecule has 0 unspecified atom stereocenters. The van der Waals surface area contributed by atoms with Crippen molar-refractivity contribution in [1.82, 2.24) is 24.9 Å². The van der Waals surface area contributed by atoms with Crippen LogP contribution in [-0.4, -0.2) is 25.5 Å². The smallest absolute Gasteiger partial charge is 0.222 e. The Bertz CT molecular complexity index is 543. The molecule has 2 rings (SSSR count). The van der Waals surface area contributed by atoms with E-state index in [2.05, 4.69) is 15.5 Å². The maximum atomic E-state index is 11.7. The molecule has 6 heteroatoms. The van der Waals surface area contributed by atoms with Gasteiger partial charge >= 0.3 is 0 Å². The third-order valence-electron chi connectivity index (χ3n) is 2.84. The van der Waals surface area contributed by atoms with E-state index in [0.29, 0.717) is 19.5 Å². The van der Waals surface area contributed by atoms with Crippen molar-refractivity contribution in [1.29, 1.82) is 0 Å². The molecule has 0 saturated carbocycles. The van der Waals surface area contributed by atoms with Crippen LogP contribution < -0.4 is 5.32 Å². The Morgan fingerprint density at radius 1 is 1.42 bits per heavy atom. The zero-order valence-electron chi connectivity index (χ0n) is 11.3. The Morgan fingerprint density at radius 2 is 2.26 bits per heavy atom. The van der Waals surface area contributed by atoms with E-state index in [0.717, 1.165) is 17.8 Å². The largest absolute Gasteiger partial charge is 0.352 e. The molecule has 19 heavy (non-hydrogen) atoms. The van der Waals surface area contributed by atoms with Crippen LogP contribution in [0.1, 0.15) is 24.6 Å². The normalized spacial score (nSPS) is 10.6. The summed E-state index contributed by atoms with van der Waals surface area (Å²) in [6.45, 7) is 5.93.